The van der Waals surface area contributed by atoms with Gasteiger partial charge in [-0.25, -0.2) is 0 Å². The number of nitrogens with zero attached hydrogens (tertiary/aromatic N) is 3. The molecule has 2 N–H and O–H groups in total. The van der Waals surface area contributed by atoms with Crippen molar-refractivity contribution in [1.29, 1.82) is 0 Å². The molecule has 2 aliphatic heterocycles. The zero-order valence-electron chi connectivity index (χ0n) is 13.1. The summed E-state index contributed by atoms with van der Waals surface area (Å²) in [7, 11) is 0. The van der Waals surface area contributed by atoms with Crippen molar-refractivity contribution in [3.05, 3.63) is 0 Å². The van der Waals surface area contributed by atoms with Crippen molar-refractivity contribution in [3.8, 4) is 0 Å². The van der Waals surface area contributed by atoms with Crippen molar-refractivity contribution in [2.75, 3.05) is 52.4 Å². The quantitative estimate of drug-likeness (QED) is 0.776. The third-order valence-electron chi connectivity index (χ3n) is 4.53. The molecule has 2 aliphatic rings. The summed E-state index contributed by atoms with van der Waals surface area (Å²) in [5, 5.41) is 0. The fourth-order valence-electron chi connectivity index (χ4n) is 2.97. The second kappa shape index (κ2) is 7.75. The Kier molecular flexibility index (Phi) is 5.99. The second-order valence-electron chi connectivity index (χ2n) is 6.18. The third kappa shape index (κ3) is 4.41. The molecule has 2 rings (SSSR count). The summed E-state index contributed by atoms with van der Waals surface area (Å²) in [6.45, 7) is 7.55. The molecule has 0 aromatic rings. The number of carbonyl (C=O) groups is 2. The van der Waals surface area contributed by atoms with Gasteiger partial charge in [-0.3, -0.25) is 14.5 Å². The largest absolute Gasteiger partial charge is 0.342 e. The summed E-state index contributed by atoms with van der Waals surface area (Å²) >= 11 is 0. The predicted octanol–water partition coefficient (Wildman–Crippen LogP) is -0.262. The average Bonchev–Trinajstić information content (AvgIpc) is 2.55. The normalized spacial score (nSPS) is 22.2. The van der Waals surface area contributed by atoms with Crippen LogP contribution in [0.4, 0.5) is 0 Å². The fraction of sp³-hybridized carbons (Fsp3) is 0.867. The lowest BCUT2D eigenvalue weighted by Crippen LogP contribution is -2.53. The molecule has 1 unspecified atom stereocenters. The van der Waals surface area contributed by atoms with E-state index in [1.54, 1.807) is 0 Å². The Bertz CT molecular complexity index is 361. The van der Waals surface area contributed by atoms with E-state index in [1.807, 2.05) is 16.7 Å². The zero-order chi connectivity index (χ0) is 15.2. The molecule has 0 radical (unpaired) electrons. The van der Waals surface area contributed by atoms with Gasteiger partial charge in [-0.05, 0) is 19.3 Å². The average molecular weight is 296 g/mol. The Balaban J connectivity index is 1.73. The molecule has 6 heteroatoms. The molecule has 0 aromatic carbocycles. The molecule has 2 amide bonds. The maximum Gasteiger partial charge on any atom is 0.236 e. The van der Waals surface area contributed by atoms with Gasteiger partial charge in [0.2, 0.25) is 11.8 Å². The first-order valence-electron chi connectivity index (χ1n) is 8.11. The lowest BCUT2D eigenvalue weighted by molar-refractivity contribution is -0.137. The van der Waals surface area contributed by atoms with Gasteiger partial charge in [-0.2, -0.15) is 0 Å². The summed E-state index contributed by atoms with van der Waals surface area (Å²) in [5.74, 6) is 0.274. The summed E-state index contributed by atoms with van der Waals surface area (Å²) < 4.78 is 0. The van der Waals surface area contributed by atoms with E-state index in [9.17, 15) is 9.59 Å². The van der Waals surface area contributed by atoms with Crippen LogP contribution in [0.2, 0.25) is 0 Å². The van der Waals surface area contributed by atoms with Crippen molar-refractivity contribution < 1.29 is 9.59 Å². The van der Waals surface area contributed by atoms with Crippen LogP contribution < -0.4 is 5.73 Å². The van der Waals surface area contributed by atoms with Crippen LogP contribution in [0, 0.1) is 5.92 Å². The Labute approximate surface area is 127 Å². The molecule has 2 heterocycles. The molecule has 0 bridgehead atoms. The van der Waals surface area contributed by atoms with Gasteiger partial charge in [0.15, 0.2) is 0 Å². The van der Waals surface area contributed by atoms with E-state index in [4.69, 9.17) is 5.73 Å². The van der Waals surface area contributed by atoms with Gasteiger partial charge in [-0.1, -0.05) is 6.92 Å². The van der Waals surface area contributed by atoms with Gasteiger partial charge in [0, 0.05) is 51.7 Å². The smallest absolute Gasteiger partial charge is 0.236 e. The van der Waals surface area contributed by atoms with E-state index >= 15 is 0 Å². The van der Waals surface area contributed by atoms with Gasteiger partial charge in [0.05, 0.1) is 6.54 Å². The minimum atomic E-state index is -0.105. The zero-order valence-corrected chi connectivity index (χ0v) is 13.1. The van der Waals surface area contributed by atoms with E-state index in [-0.39, 0.29) is 17.7 Å². The number of amides is 2. The van der Waals surface area contributed by atoms with Crippen LogP contribution in [-0.2, 0) is 9.59 Å². The van der Waals surface area contributed by atoms with Crippen LogP contribution in [0.25, 0.3) is 0 Å². The number of likely N-dealkylation sites (tertiary alicyclic amines) is 1. The lowest BCUT2D eigenvalue weighted by Gasteiger charge is -2.36. The van der Waals surface area contributed by atoms with E-state index in [2.05, 4.69) is 4.90 Å². The number of rotatable bonds is 4. The third-order valence-corrected chi connectivity index (χ3v) is 4.53. The molecule has 21 heavy (non-hydrogen) atoms. The van der Waals surface area contributed by atoms with Gasteiger partial charge >= 0.3 is 0 Å². The highest BCUT2D eigenvalue weighted by molar-refractivity contribution is 5.79. The van der Waals surface area contributed by atoms with Crippen molar-refractivity contribution in [2.45, 2.75) is 26.2 Å². The molecule has 2 fully saturated rings. The monoisotopic (exact) mass is 296 g/mol. The van der Waals surface area contributed by atoms with Gasteiger partial charge < -0.3 is 15.5 Å². The van der Waals surface area contributed by atoms with Crippen LogP contribution >= 0.6 is 0 Å². The van der Waals surface area contributed by atoms with Crippen molar-refractivity contribution in [2.24, 2.45) is 11.7 Å². The standard InChI is InChI=1S/C15H28N4O2/c1-13(11-16)15(21)19-9-7-17(8-10-19)12-14(20)18-5-3-2-4-6-18/h13H,2-12,16H2,1H3. The lowest BCUT2D eigenvalue weighted by atomic mass is 10.1. The predicted molar refractivity (Wildman–Crippen MR) is 81.7 cm³/mol. The SMILES string of the molecule is CC(CN)C(=O)N1CCN(CC(=O)N2CCCCC2)CC1. The molecule has 0 spiro atoms. The van der Waals surface area contributed by atoms with Crippen LogP contribution in [0.1, 0.15) is 26.2 Å². The summed E-state index contributed by atoms with van der Waals surface area (Å²) in [4.78, 5) is 30.3. The highest BCUT2D eigenvalue weighted by Gasteiger charge is 2.26. The number of nitrogens with two attached hydrogens (primary N) is 1. The van der Waals surface area contributed by atoms with Crippen LogP contribution in [-0.4, -0.2) is 78.9 Å². The molecular weight excluding hydrogens is 268 g/mol. The Hall–Kier alpha value is -1.14. The van der Waals surface area contributed by atoms with E-state index in [1.165, 1.54) is 6.42 Å². The number of piperidine rings is 1. The van der Waals surface area contributed by atoms with Crippen LogP contribution in [0.3, 0.4) is 0 Å². The van der Waals surface area contributed by atoms with Crippen LogP contribution in [0.5, 0.6) is 0 Å². The topological polar surface area (TPSA) is 69.9 Å². The number of carbonyl (C=O) groups excluding carboxylic acids is 2. The molecule has 0 aromatic heterocycles. The van der Waals surface area contributed by atoms with Gasteiger partial charge in [-0.15, -0.1) is 0 Å². The molecular formula is C15H28N4O2. The van der Waals surface area contributed by atoms with Crippen molar-refractivity contribution in [1.82, 2.24) is 14.7 Å². The first-order valence-corrected chi connectivity index (χ1v) is 8.11. The number of hydrogen-bond acceptors (Lipinski definition) is 4. The minimum Gasteiger partial charge on any atom is -0.342 e. The maximum atomic E-state index is 12.2. The molecule has 6 nitrogen and oxygen atoms in total. The van der Waals surface area contributed by atoms with Gasteiger partial charge in [0.1, 0.15) is 0 Å². The Morgan fingerprint density at radius 3 is 2.14 bits per heavy atom. The molecule has 120 valence electrons. The van der Waals surface area contributed by atoms with E-state index < -0.39 is 0 Å². The van der Waals surface area contributed by atoms with E-state index in [0.717, 1.165) is 39.0 Å². The molecule has 0 aliphatic carbocycles. The summed E-state index contributed by atoms with van der Waals surface area (Å²) in [5.41, 5.74) is 5.55. The fourth-order valence-corrected chi connectivity index (χ4v) is 2.97. The van der Waals surface area contributed by atoms with Gasteiger partial charge in [0.25, 0.3) is 0 Å². The first-order chi connectivity index (χ1) is 10.1. The molecule has 0 saturated carbocycles. The Morgan fingerprint density at radius 2 is 1.57 bits per heavy atom. The summed E-state index contributed by atoms with van der Waals surface area (Å²) in [6, 6.07) is 0. The second-order valence-corrected chi connectivity index (χ2v) is 6.18. The highest BCUT2D eigenvalue weighted by Crippen LogP contribution is 2.11. The molecule has 2 saturated heterocycles. The maximum absolute atomic E-state index is 12.2. The summed E-state index contributed by atoms with van der Waals surface area (Å²) in [6.07, 6.45) is 3.50. The van der Waals surface area contributed by atoms with E-state index in [0.29, 0.717) is 26.2 Å². The van der Waals surface area contributed by atoms with Crippen molar-refractivity contribution >= 4 is 11.8 Å². The number of piperazine rings is 1. The first kappa shape index (κ1) is 16.2. The Morgan fingerprint density at radius 1 is 0.952 bits per heavy atom. The van der Waals surface area contributed by atoms with Crippen LogP contribution in [0.15, 0.2) is 0 Å². The van der Waals surface area contributed by atoms with Crippen molar-refractivity contribution in [3.63, 3.8) is 0 Å². The highest BCUT2D eigenvalue weighted by atomic mass is 16.2. The minimum absolute atomic E-state index is 0.105. The number of hydrogen-bond donors (Lipinski definition) is 1. The molecule has 1 atom stereocenters.